The molecule has 0 amide bonds. The molecule has 1 aliphatic carbocycles. The van der Waals surface area contributed by atoms with Crippen molar-refractivity contribution >= 4 is 0 Å². The second-order valence-corrected chi connectivity index (χ2v) is 8.74. The summed E-state index contributed by atoms with van der Waals surface area (Å²) in [5.74, 6) is 2.86. The summed E-state index contributed by atoms with van der Waals surface area (Å²) in [5, 5.41) is 0. The van der Waals surface area contributed by atoms with Crippen molar-refractivity contribution in [2.24, 2.45) is 5.92 Å². The molecule has 1 atom stereocenters. The molecule has 0 saturated carbocycles. The standard InChI is InChI=1S/C29H32O/c1-22-3-7-26(8-4-22)21-27-13-11-24(12-14-27)9-10-25-15-19-29(20-16-25)30-28-17-5-23(2)6-18-28/h3-8,11-14,17-19,25H,9-10,15-16,20-21H2,1-2H3. The second kappa shape index (κ2) is 9.80. The Morgan fingerprint density at radius 3 is 1.90 bits per heavy atom. The summed E-state index contributed by atoms with van der Waals surface area (Å²) >= 11 is 0. The molecule has 0 radical (unpaired) electrons. The maximum absolute atomic E-state index is 6.05. The van der Waals surface area contributed by atoms with Gasteiger partial charge < -0.3 is 4.74 Å². The minimum Gasteiger partial charge on any atom is -0.462 e. The number of aryl methyl sites for hydroxylation is 3. The van der Waals surface area contributed by atoms with Crippen molar-refractivity contribution in [3.8, 4) is 5.75 Å². The van der Waals surface area contributed by atoms with Gasteiger partial charge in [0, 0.05) is 6.42 Å². The van der Waals surface area contributed by atoms with Gasteiger partial charge in [0.25, 0.3) is 0 Å². The quantitative estimate of drug-likeness (QED) is 0.400. The Balaban J connectivity index is 1.23. The van der Waals surface area contributed by atoms with Crippen LogP contribution in [0.3, 0.4) is 0 Å². The van der Waals surface area contributed by atoms with Gasteiger partial charge in [0.05, 0.1) is 0 Å². The Morgan fingerprint density at radius 2 is 1.30 bits per heavy atom. The lowest BCUT2D eigenvalue weighted by Crippen LogP contribution is -2.10. The van der Waals surface area contributed by atoms with Gasteiger partial charge in [-0.3, -0.25) is 0 Å². The molecule has 4 rings (SSSR count). The zero-order chi connectivity index (χ0) is 20.8. The summed E-state index contributed by atoms with van der Waals surface area (Å²) in [6.45, 7) is 4.24. The van der Waals surface area contributed by atoms with E-state index in [4.69, 9.17) is 4.74 Å². The minimum atomic E-state index is 0.766. The molecule has 0 N–H and O–H groups in total. The third-order valence-corrected chi connectivity index (χ3v) is 6.14. The maximum Gasteiger partial charge on any atom is 0.126 e. The molecule has 154 valence electrons. The van der Waals surface area contributed by atoms with E-state index in [1.54, 1.807) is 0 Å². The van der Waals surface area contributed by atoms with Gasteiger partial charge in [-0.2, -0.15) is 0 Å². The highest BCUT2D eigenvalue weighted by molar-refractivity contribution is 5.31. The summed E-state index contributed by atoms with van der Waals surface area (Å²) in [4.78, 5) is 0. The van der Waals surface area contributed by atoms with Crippen molar-refractivity contribution in [2.75, 3.05) is 0 Å². The highest BCUT2D eigenvalue weighted by Gasteiger charge is 2.16. The van der Waals surface area contributed by atoms with E-state index in [1.807, 2.05) is 0 Å². The number of hydrogen-bond donors (Lipinski definition) is 0. The van der Waals surface area contributed by atoms with Crippen LogP contribution in [-0.4, -0.2) is 0 Å². The van der Waals surface area contributed by atoms with Crippen LogP contribution in [0.2, 0.25) is 0 Å². The van der Waals surface area contributed by atoms with Gasteiger partial charge in [0.15, 0.2) is 0 Å². The Hall–Kier alpha value is -2.80. The molecule has 1 unspecified atom stereocenters. The molecule has 3 aromatic rings. The van der Waals surface area contributed by atoms with E-state index >= 15 is 0 Å². The first-order valence-corrected chi connectivity index (χ1v) is 11.2. The van der Waals surface area contributed by atoms with Crippen molar-refractivity contribution in [1.82, 2.24) is 0 Å². The fourth-order valence-corrected chi connectivity index (χ4v) is 4.11. The summed E-state index contributed by atoms with van der Waals surface area (Å²) < 4.78 is 6.05. The zero-order valence-electron chi connectivity index (χ0n) is 18.2. The number of allylic oxidation sites excluding steroid dienone is 2. The van der Waals surface area contributed by atoms with Gasteiger partial charge in [0.1, 0.15) is 11.5 Å². The van der Waals surface area contributed by atoms with E-state index in [9.17, 15) is 0 Å². The summed E-state index contributed by atoms with van der Waals surface area (Å²) in [6, 6.07) is 26.4. The zero-order valence-corrected chi connectivity index (χ0v) is 18.2. The van der Waals surface area contributed by atoms with Crippen molar-refractivity contribution in [3.05, 3.63) is 112 Å². The number of hydrogen-bond acceptors (Lipinski definition) is 1. The van der Waals surface area contributed by atoms with E-state index in [2.05, 4.69) is 92.7 Å². The molecule has 0 bridgehead atoms. The Kier molecular flexibility index (Phi) is 6.69. The first kappa shape index (κ1) is 20.5. The van der Waals surface area contributed by atoms with Gasteiger partial charge in [-0.1, -0.05) is 71.8 Å². The summed E-state index contributed by atoms with van der Waals surface area (Å²) in [5.41, 5.74) is 6.81. The highest BCUT2D eigenvalue weighted by atomic mass is 16.5. The van der Waals surface area contributed by atoms with Crippen LogP contribution in [0.1, 0.15) is 53.5 Å². The Bertz CT molecular complexity index is 962. The minimum absolute atomic E-state index is 0.766. The van der Waals surface area contributed by atoms with E-state index in [0.29, 0.717) is 0 Å². The topological polar surface area (TPSA) is 9.23 Å². The number of ether oxygens (including phenoxy) is 1. The van der Waals surface area contributed by atoms with Gasteiger partial charge in [-0.25, -0.2) is 0 Å². The van der Waals surface area contributed by atoms with Crippen molar-refractivity contribution in [2.45, 2.75) is 52.4 Å². The number of benzene rings is 3. The van der Waals surface area contributed by atoms with E-state index < -0.39 is 0 Å². The van der Waals surface area contributed by atoms with E-state index in [0.717, 1.165) is 43.1 Å². The Morgan fingerprint density at radius 1 is 0.733 bits per heavy atom. The van der Waals surface area contributed by atoms with Crippen LogP contribution in [0, 0.1) is 19.8 Å². The van der Waals surface area contributed by atoms with Crippen LogP contribution in [0.25, 0.3) is 0 Å². The number of rotatable bonds is 7. The van der Waals surface area contributed by atoms with Gasteiger partial charge >= 0.3 is 0 Å². The molecule has 0 aromatic heterocycles. The van der Waals surface area contributed by atoms with Crippen LogP contribution < -0.4 is 4.74 Å². The first-order chi connectivity index (χ1) is 14.6. The van der Waals surface area contributed by atoms with Crippen LogP contribution in [0.15, 0.2) is 84.6 Å². The first-order valence-electron chi connectivity index (χ1n) is 11.2. The lowest BCUT2D eigenvalue weighted by molar-refractivity contribution is 0.340. The molecular formula is C29H32O. The fraction of sp³-hybridized carbons (Fsp3) is 0.310. The van der Waals surface area contributed by atoms with E-state index in [1.165, 1.54) is 40.7 Å². The van der Waals surface area contributed by atoms with Gasteiger partial charge in [0.2, 0.25) is 0 Å². The highest BCUT2D eigenvalue weighted by Crippen LogP contribution is 2.29. The SMILES string of the molecule is Cc1ccc(Cc2ccc(CCC3CC=C(Oc4ccc(C)cc4)CC3)cc2)cc1. The third kappa shape index (κ3) is 5.86. The Labute approximate surface area is 181 Å². The molecule has 30 heavy (non-hydrogen) atoms. The van der Waals surface area contributed by atoms with Crippen LogP contribution in [-0.2, 0) is 12.8 Å². The second-order valence-electron chi connectivity index (χ2n) is 8.74. The predicted octanol–water partition coefficient (Wildman–Crippen LogP) is 7.59. The normalized spacial score (nSPS) is 16.2. The average Bonchev–Trinajstić information content (AvgIpc) is 2.77. The lowest BCUT2D eigenvalue weighted by Gasteiger charge is -2.22. The molecular weight excluding hydrogens is 364 g/mol. The fourth-order valence-electron chi connectivity index (χ4n) is 4.11. The monoisotopic (exact) mass is 396 g/mol. The van der Waals surface area contributed by atoms with Crippen LogP contribution in [0.4, 0.5) is 0 Å². The molecule has 0 aliphatic heterocycles. The molecule has 0 heterocycles. The van der Waals surface area contributed by atoms with Gasteiger partial charge in [-0.05, 0) is 86.8 Å². The molecule has 0 spiro atoms. The third-order valence-electron chi connectivity index (χ3n) is 6.14. The largest absolute Gasteiger partial charge is 0.462 e. The van der Waals surface area contributed by atoms with Crippen molar-refractivity contribution < 1.29 is 4.74 Å². The molecule has 0 saturated heterocycles. The van der Waals surface area contributed by atoms with E-state index in [-0.39, 0.29) is 0 Å². The van der Waals surface area contributed by atoms with Gasteiger partial charge in [-0.15, -0.1) is 0 Å². The van der Waals surface area contributed by atoms with Crippen molar-refractivity contribution in [3.63, 3.8) is 0 Å². The van der Waals surface area contributed by atoms with Crippen LogP contribution >= 0.6 is 0 Å². The molecule has 0 fully saturated rings. The maximum atomic E-state index is 6.05. The summed E-state index contributed by atoms with van der Waals surface area (Å²) in [6.07, 6.45) is 9.14. The molecule has 1 aliphatic rings. The van der Waals surface area contributed by atoms with Crippen LogP contribution in [0.5, 0.6) is 5.75 Å². The molecule has 3 aromatic carbocycles. The molecule has 1 nitrogen and oxygen atoms in total. The molecule has 1 heteroatoms. The predicted molar refractivity (Wildman–Crippen MR) is 126 cm³/mol. The summed E-state index contributed by atoms with van der Waals surface area (Å²) in [7, 11) is 0. The smallest absolute Gasteiger partial charge is 0.126 e. The van der Waals surface area contributed by atoms with Crippen molar-refractivity contribution in [1.29, 1.82) is 0 Å². The average molecular weight is 397 g/mol. The lowest BCUT2D eigenvalue weighted by atomic mass is 9.88.